The molecule has 0 radical (unpaired) electrons. The summed E-state index contributed by atoms with van der Waals surface area (Å²) in [5.41, 5.74) is 16.2. The van der Waals surface area contributed by atoms with Gasteiger partial charge in [-0.15, -0.1) is 0 Å². The molecule has 12 rings (SSSR count). The third-order valence-corrected chi connectivity index (χ3v) is 12.4. The molecule has 1 aliphatic rings. The topological polar surface area (TPSA) is 42.8 Å². The highest BCUT2D eigenvalue weighted by atomic mass is 16.3. The summed E-state index contributed by atoms with van der Waals surface area (Å²) in [4.78, 5) is 10.9. The van der Waals surface area contributed by atoms with Crippen molar-refractivity contribution < 1.29 is 4.42 Å². The van der Waals surface area contributed by atoms with E-state index in [-0.39, 0.29) is 6.04 Å². The molecule has 3 heterocycles. The molecule has 1 aliphatic heterocycles. The average molecular weight is 794 g/mol. The fraction of sp³-hybridized carbons (Fsp3) is 0.0345. The van der Waals surface area contributed by atoms with Crippen LogP contribution in [0.1, 0.15) is 29.2 Å². The number of para-hydroxylation sites is 2. The first-order chi connectivity index (χ1) is 30.7. The van der Waals surface area contributed by atoms with E-state index in [1.54, 1.807) is 0 Å². The van der Waals surface area contributed by atoms with Gasteiger partial charge in [0, 0.05) is 33.5 Å². The summed E-state index contributed by atoms with van der Waals surface area (Å²) in [6, 6.07) is 77.4. The normalized spacial score (nSPS) is 14.1. The molecule has 0 spiro atoms. The van der Waals surface area contributed by atoms with E-state index in [0.717, 1.165) is 61.1 Å². The summed E-state index contributed by atoms with van der Waals surface area (Å²) in [6.07, 6.45) is 0.684. The SMILES string of the molecule is c1ccc(-c2ccc(C3=NC(c4cccc5oc6c(-n7c8ccccc8c8ccc(-c9ccccc9)cc87)cccc6c45)=N[C@H](c4ccc(-c5ccccc5)cc4)C3)cc2)cc1. The van der Waals surface area contributed by atoms with Crippen LogP contribution in [0.15, 0.2) is 233 Å². The van der Waals surface area contributed by atoms with Crippen LogP contribution in [-0.4, -0.2) is 16.1 Å². The van der Waals surface area contributed by atoms with Crippen LogP contribution < -0.4 is 0 Å². The lowest BCUT2D eigenvalue weighted by Gasteiger charge is -2.22. The Morgan fingerprint density at radius 2 is 0.984 bits per heavy atom. The molecule has 0 aliphatic carbocycles. The zero-order valence-corrected chi connectivity index (χ0v) is 33.8. The molecule has 0 unspecified atom stereocenters. The van der Waals surface area contributed by atoms with Crippen molar-refractivity contribution in [3.63, 3.8) is 0 Å². The van der Waals surface area contributed by atoms with Crippen LogP contribution in [0.5, 0.6) is 0 Å². The molecule has 4 heteroatoms. The van der Waals surface area contributed by atoms with Crippen LogP contribution in [0.3, 0.4) is 0 Å². The van der Waals surface area contributed by atoms with Crippen LogP contribution in [0.25, 0.3) is 82.8 Å². The lowest BCUT2D eigenvalue weighted by molar-refractivity contribution is 0.666. The third-order valence-electron chi connectivity index (χ3n) is 12.4. The van der Waals surface area contributed by atoms with Gasteiger partial charge in [0.2, 0.25) is 0 Å². The summed E-state index contributed by atoms with van der Waals surface area (Å²) in [7, 11) is 0. The van der Waals surface area contributed by atoms with Gasteiger partial charge in [0.1, 0.15) is 5.58 Å². The monoisotopic (exact) mass is 793 g/mol. The maximum Gasteiger partial charge on any atom is 0.159 e. The van der Waals surface area contributed by atoms with Crippen molar-refractivity contribution in [1.82, 2.24) is 4.57 Å². The number of amidine groups is 1. The summed E-state index contributed by atoms with van der Waals surface area (Å²) in [5.74, 6) is 0.707. The highest BCUT2D eigenvalue weighted by Crippen LogP contribution is 2.41. The van der Waals surface area contributed by atoms with E-state index in [2.05, 4.69) is 223 Å². The van der Waals surface area contributed by atoms with Gasteiger partial charge in [-0.2, -0.15) is 0 Å². The minimum atomic E-state index is -0.128. The lowest BCUT2D eigenvalue weighted by atomic mass is 9.93. The zero-order valence-electron chi connectivity index (χ0n) is 33.8. The summed E-state index contributed by atoms with van der Waals surface area (Å²) in [6.45, 7) is 0. The Morgan fingerprint density at radius 3 is 1.69 bits per heavy atom. The predicted octanol–water partition coefficient (Wildman–Crippen LogP) is 15.1. The van der Waals surface area contributed by atoms with E-state index in [9.17, 15) is 0 Å². The van der Waals surface area contributed by atoms with Crippen molar-refractivity contribution in [3.8, 4) is 39.1 Å². The van der Waals surface area contributed by atoms with E-state index >= 15 is 0 Å². The predicted molar refractivity (Wildman–Crippen MR) is 258 cm³/mol. The average Bonchev–Trinajstić information content (AvgIpc) is 3.91. The van der Waals surface area contributed by atoms with Gasteiger partial charge in [-0.25, -0.2) is 4.99 Å². The number of furan rings is 1. The first kappa shape index (κ1) is 35.8. The molecule has 4 nitrogen and oxygen atoms in total. The molecule has 0 saturated carbocycles. The Kier molecular flexibility index (Phi) is 8.60. The fourth-order valence-corrected chi connectivity index (χ4v) is 9.33. The molecule has 0 amide bonds. The minimum Gasteiger partial charge on any atom is -0.454 e. The maximum absolute atomic E-state index is 6.96. The number of nitrogens with zero attached hydrogens (tertiary/aromatic N) is 3. The number of aromatic nitrogens is 1. The number of hydrogen-bond donors (Lipinski definition) is 0. The Balaban J connectivity index is 1.02. The van der Waals surface area contributed by atoms with Gasteiger partial charge < -0.3 is 8.98 Å². The highest BCUT2D eigenvalue weighted by molar-refractivity contribution is 6.23. The molecule has 0 N–H and O–H groups in total. The molecule has 0 fully saturated rings. The molecule has 11 aromatic rings. The molecular formula is C58H39N3O. The van der Waals surface area contributed by atoms with E-state index in [0.29, 0.717) is 12.3 Å². The van der Waals surface area contributed by atoms with Crippen LogP contribution >= 0.6 is 0 Å². The molecule has 2 aromatic heterocycles. The van der Waals surface area contributed by atoms with Crippen molar-refractivity contribution in [2.75, 3.05) is 0 Å². The Labute approximate surface area is 359 Å². The smallest absolute Gasteiger partial charge is 0.159 e. The third kappa shape index (κ3) is 6.15. The molecule has 0 bridgehead atoms. The van der Waals surface area contributed by atoms with Crippen molar-refractivity contribution in [2.45, 2.75) is 12.5 Å². The molecule has 9 aromatic carbocycles. The second-order valence-corrected chi connectivity index (χ2v) is 16.0. The molecule has 1 atom stereocenters. The Bertz CT molecular complexity index is 3510. The first-order valence-corrected chi connectivity index (χ1v) is 21.2. The van der Waals surface area contributed by atoms with Gasteiger partial charge >= 0.3 is 0 Å². The van der Waals surface area contributed by atoms with Crippen molar-refractivity contribution >= 4 is 55.3 Å². The first-order valence-electron chi connectivity index (χ1n) is 21.2. The van der Waals surface area contributed by atoms with Gasteiger partial charge in [0.15, 0.2) is 11.4 Å². The number of hydrogen-bond acceptors (Lipinski definition) is 3. The second kappa shape index (κ2) is 14.9. The number of fused-ring (bicyclic) bond motifs is 6. The van der Waals surface area contributed by atoms with Crippen LogP contribution in [0.4, 0.5) is 0 Å². The fourth-order valence-electron chi connectivity index (χ4n) is 9.33. The van der Waals surface area contributed by atoms with E-state index in [4.69, 9.17) is 14.4 Å². The molecular weight excluding hydrogens is 755 g/mol. The number of rotatable bonds is 7. The Hall–Kier alpha value is -8.08. The van der Waals surface area contributed by atoms with Crippen LogP contribution in [-0.2, 0) is 0 Å². The van der Waals surface area contributed by atoms with Gasteiger partial charge in [0.25, 0.3) is 0 Å². The van der Waals surface area contributed by atoms with E-state index in [1.165, 1.54) is 44.2 Å². The van der Waals surface area contributed by atoms with Crippen LogP contribution in [0.2, 0.25) is 0 Å². The van der Waals surface area contributed by atoms with Gasteiger partial charge in [-0.1, -0.05) is 194 Å². The lowest BCUT2D eigenvalue weighted by Crippen LogP contribution is -2.17. The van der Waals surface area contributed by atoms with E-state index < -0.39 is 0 Å². The quantitative estimate of drug-likeness (QED) is 0.158. The number of benzene rings is 9. The van der Waals surface area contributed by atoms with Crippen molar-refractivity contribution in [3.05, 3.63) is 235 Å². The molecule has 62 heavy (non-hydrogen) atoms. The summed E-state index contributed by atoms with van der Waals surface area (Å²) in [5, 5.41) is 4.44. The van der Waals surface area contributed by atoms with Crippen molar-refractivity contribution in [1.29, 1.82) is 0 Å². The maximum atomic E-state index is 6.96. The largest absolute Gasteiger partial charge is 0.454 e. The van der Waals surface area contributed by atoms with Gasteiger partial charge in [-0.05, 0) is 68.8 Å². The zero-order chi connectivity index (χ0) is 41.0. The highest BCUT2D eigenvalue weighted by Gasteiger charge is 2.26. The minimum absolute atomic E-state index is 0.128. The van der Waals surface area contributed by atoms with Crippen LogP contribution in [0, 0.1) is 0 Å². The van der Waals surface area contributed by atoms with Gasteiger partial charge in [0.05, 0.1) is 28.5 Å². The molecule has 0 saturated heterocycles. The van der Waals surface area contributed by atoms with Crippen molar-refractivity contribution in [2.24, 2.45) is 9.98 Å². The summed E-state index contributed by atoms with van der Waals surface area (Å²) < 4.78 is 9.33. The van der Waals surface area contributed by atoms with E-state index in [1.807, 2.05) is 0 Å². The number of aliphatic imine (C=N–C) groups is 2. The molecule has 292 valence electrons. The standard InChI is InChI=1S/C58H39N3O/c1-4-14-38(15-5-1)41-26-30-43(31-27-41)50-37-51(44-32-28-42(29-33-44)39-16-6-2-7-17-39)60-58(59-50)49-22-13-25-55-56(49)48-21-12-24-53(57(48)62-55)61-52-23-11-10-20-46(52)47-35-34-45(36-54(47)61)40-18-8-3-9-19-40/h1-36,50H,37H2/t50-/m0/s1. The summed E-state index contributed by atoms with van der Waals surface area (Å²) >= 11 is 0. The van der Waals surface area contributed by atoms with Gasteiger partial charge in [-0.3, -0.25) is 4.99 Å². The Morgan fingerprint density at radius 1 is 0.435 bits per heavy atom. The second-order valence-electron chi connectivity index (χ2n) is 16.0.